The smallest absolute Gasteiger partial charge is 0.261 e. The van der Waals surface area contributed by atoms with Crippen LogP contribution >= 0.6 is 11.6 Å². The number of aromatic nitrogens is 2. The molecular weight excluding hydrogens is 366 g/mol. The number of ether oxygens (including phenoxy) is 1. The topological polar surface area (TPSA) is 77.2 Å². The number of nitrogens with zero attached hydrogens (tertiary/aromatic N) is 2. The first-order chi connectivity index (χ1) is 13.0. The third-order valence-corrected chi connectivity index (χ3v) is 4.17. The van der Waals surface area contributed by atoms with Crippen molar-refractivity contribution in [1.82, 2.24) is 15.5 Å². The summed E-state index contributed by atoms with van der Waals surface area (Å²) < 4.78 is 11.0. The number of hydrogen-bond donors (Lipinski definition) is 1. The van der Waals surface area contributed by atoms with Crippen LogP contribution in [0.1, 0.15) is 24.8 Å². The van der Waals surface area contributed by atoms with Gasteiger partial charge in [0.25, 0.3) is 5.91 Å². The van der Waals surface area contributed by atoms with Crippen molar-refractivity contribution >= 4 is 17.5 Å². The number of aryl methyl sites for hydroxylation is 1. The zero-order valence-electron chi connectivity index (χ0n) is 15.1. The molecular formula is C20H20ClN3O3. The van der Waals surface area contributed by atoms with Crippen molar-refractivity contribution in [2.24, 2.45) is 0 Å². The Kier molecular flexibility index (Phi) is 6.08. The molecule has 1 aromatic heterocycles. The summed E-state index contributed by atoms with van der Waals surface area (Å²) in [4.78, 5) is 16.7. The van der Waals surface area contributed by atoms with E-state index in [4.69, 9.17) is 20.9 Å². The first kappa shape index (κ1) is 18.9. The number of benzene rings is 2. The van der Waals surface area contributed by atoms with Crippen LogP contribution in [0, 0.1) is 6.92 Å². The molecule has 0 bridgehead atoms. The normalized spacial score (nSPS) is 11.8. The van der Waals surface area contributed by atoms with Crippen molar-refractivity contribution in [1.29, 1.82) is 0 Å². The summed E-state index contributed by atoms with van der Waals surface area (Å²) >= 11 is 5.88. The molecule has 0 saturated heterocycles. The molecule has 1 N–H and O–H groups in total. The van der Waals surface area contributed by atoms with Crippen molar-refractivity contribution in [2.75, 3.05) is 0 Å². The molecule has 0 spiro atoms. The Morgan fingerprint density at radius 3 is 2.74 bits per heavy atom. The van der Waals surface area contributed by atoms with Gasteiger partial charge in [-0.15, -0.1) is 0 Å². The Morgan fingerprint density at radius 2 is 2.04 bits per heavy atom. The van der Waals surface area contributed by atoms with Gasteiger partial charge in [0.05, 0.1) is 6.54 Å². The Morgan fingerprint density at radius 1 is 1.26 bits per heavy atom. The first-order valence-corrected chi connectivity index (χ1v) is 9.02. The van der Waals surface area contributed by atoms with Gasteiger partial charge in [-0.3, -0.25) is 4.79 Å². The molecule has 0 fully saturated rings. The Balaban J connectivity index is 1.58. The molecule has 7 heteroatoms. The average Bonchev–Trinajstić information content (AvgIpc) is 3.14. The van der Waals surface area contributed by atoms with E-state index in [1.54, 1.807) is 24.3 Å². The summed E-state index contributed by atoms with van der Waals surface area (Å²) in [6, 6.07) is 14.7. The lowest BCUT2D eigenvalue weighted by Gasteiger charge is -2.17. The van der Waals surface area contributed by atoms with Crippen LogP contribution < -0.4 is 10.1 Å². The molecule has 0 aliphatic rings. The van der Waals surface area contributed by atoms with Crippen molar-refractivity contribution < 1.29 is 14.1 Å². The second kappa shape index (κ2) is 8.68. The van der Waals surface area contributed by atoms with Crippen molar-refractivity contribution in [2.45, 2.75) is 32.9 Å². The van der Waals surface area contributed by atoms with Gasteiger partial charge in [-0.05, 0) is 55.3 Å². The van der Waals surface area contributed by atoms with Crippen molar-refractivity contribution in [3.05, 3.63) is 65.0 Å². The van der Waals surface area contributed by atoms with Gasteiger partial charge in [-0.25, -0.2) is 0 Å². The number of amides is 1. The molecule has 3 rings (SSSR count). The molecule has 1 atom stereocenters. The van der Waals surface area contributed by atoms with Crippen LogP contribution in [-0.4, -0.2) is 22.2 Å². The van der Waals surface area contributed by atoms with Crippen molar-refractivity contribution in [3.8, 4) is 17.1 Å². The molecule has 0 aliphatic heterocycles. The molecule has 2 aromatic carbocycles. The van der Waals surface area contributed by atoms with Crippen LogP contribution in [-0.2, 0) is 11.3 Å². The van der Waals surface area contributed by atoms with Gasteiger partial charge in [0.1, 0.15) is 5.75 Å². The summed E-state index contributed by atoms with van der Waals surface area (Å²) in [5, 5.41) is 7.34. The molecule has 1 heterocycles. The average molecular weight is 386 g/mol. The van der Waals surface area contributed by atoms with E-state index in [2.05, 4.69) is 15.5 Å². The maximum Gasteiger partial charge on any atom is 0.261 e. The molecule has 0 unspecified atom stereocenters. The van der Waals surface area contributed by atoms with Gasteiger partial charge >= 0.3 is 0 Å². The SMILES string of the molecule is CC[C@@H](Oc1cccc(C)c1)C(=O)NCc1nc(-c2ccc(Cl)cc2)no1. The highest BCUT2D eigenvalue weighted by Crippen LogP contribution is 2.19. The largest absolute Gasteiger partial charge is 0.481 e. The standard InChI is InChI=1S/C20H20ClN3O3/c1-3-17(26-16-6-4-5-13(2)11-16)20(25)22-12-18-23-19(24-27-18)14-7-9-15(21)10-8-14/h4-11,17H,3,12H2,1-2H3,(H,22,25)/t17-/m1/s1. The molecule has 0 radical (unpaired) electrons. The number of carbonyl (C=O) groups excluding carboxylic acids is 1. The van der Waals surface area contributed by atoms with Gasteiger partial charge < -0.3 is 14.6 Å². The summed E-state index contributed by atoms with van der Waals surface area (Å²) in [7, 11) is 0. The monoisotopic (exact) mass is 385 g/mol. The molecule has 140 valence electrons. The van der Waals surface area contributed by atoms with Crippen LogP contribution in [0.25, 0.3) is 11.4 Å². The summed E-state index contributed by atoms with van der Waals surface area (Å²) in [6.45, 7) is 4.00. The highest BCUT2D eigenvalue weighted by atomic mass is 35.5. The maximum absolute atomic E-state index is 12.4. The fraction of sp³-hybridized carbons (Fsp3) is 0.250. The van der Waals surface area contributed by atoms with Crippen LogP contribution in [0.2, 0.25) is 5.02 Å². The molecule has 3 aromatic rings. The van der Waals surface area contributed by atoms with E-state index in [-0.39, 0.29) is 12.5 Å². The van der Waals surface area contributed by atoms with Gasteiger partial charge in [0.15, 0.2) is 6.10 Å². The van der Waals surface area contributed by atoms with Crippen LogP contribution in [0.5, 0.6) is 5.75 Å². The quantitative estimate of drug-likeness (QED) is 0.660. The van der Waals surface area contributed by atoms with Gasteiger partial charge in [0, 0.05) is 10.6 Å². The van der Waals surface area contributed by atoms with Gasteiger partial charge in [0.2, 0.25) is 11.7 Å². The van der Waals surface area contributed by atoms with E-state index >= 15 is 0 Å². The number of rotatable bonds is 7. The zero-order chi connectivity index (χ0) is 19.2. The van der Waals surface area contributed by atoms with Crippen LogP contribution in [0.4, 0.5) is 0 Å². The highest BCUT2D eigenvalue weighted by Gasteiger charge is 2.19. The number of nitrogens with one attached hydrogen (secondary N) is 1. The van der Waals surface area contributed by atoms with Crippen LogP contribution in [0.15, 0.2) is 53.1 Å². The number of hydrogen-bond acceptors (Lipinski definition) is 5. The summed E-state index contributed by atoms with van der Waals surface area (Å²) in [5.74, 6) is 1.20. The summed E-state index contributed by atoms with van der Waals surface area (Å²) in [5.41, 5.74) is 1.86. The Labute approximate surface area is 162 Å². The van der Waals surface area contributed by atoms with E-state index in [1.807, 2.05) is 38.1 Å². The Bertz CT molecular complexity index is 909. The zero-order valence-corrected chi connectivity index (χ0v) is 15.9. The Hall–Kier alpha value is -2.86. The predicted molar refractivity (Wildman–Crippen MR) is 102 cm³/mol. The van der Waals surface area contributed by atoms with E-state index in [9.17, 15) is 4.79 Å². The predicted octanol–water partition coefficient (Wildman–Crippen LogP) is 4.17. The lowest BCUT2D eigenvalue weighted by molar-refractivity contribution is -0.128. The maximum atomic E-state index is 12.4. The van der Waals surface area contributed by atoms with E-state index in [0.29, 0.717) is 28.9 Å². The number of halogens is 1. The summed E-state index contributed by atoms with van der Waals surface area (Å²) in [6.07, 6.45) is -0.0509. The lowest BCUT2D eigenvalue weighted by atomic mass is 10.2. The van der Waals surface area contributed by atoms with Crippen molar-refractivity contribution in [3.63, 3.8) is 0 Å². The van der Waals surface area contributed by atoms with Gasteiger partial charge in [-0.1, -0.05) is 35.8 Å². The molecule has 6 nitrogen and oxygen atoms in total. The fourth-order valence-corrected chi connectivity index (χ4v) is 2.62. The molecule has 0 saturated carbocycles. The molecule has 27 heavy (non-hydrogen) atoms. The minimum Gasteiger partial charge on any atom is -0.481 e. The minimum atomic E-state index is -0.592. The van der Waals surface area contributed by atoms with E-state index in [1.165, 1.54) is 0 Å². The minimum absolute atomic E-state index is 0.132. The fourth-order valence-electron chi connectivity index (χ4n) is 2.49. The van der Waals surface area contributed by atoms with E-state index in [0.717, 1.165) is 11.1 Å². The van der Waals surface area contributed by atoms with Crippen LogP contribution in [0.3, 0.4) is 0 Å². The lowest BCUT2D eigenvalue weighted by Crippen LogP contribution is -2.37. The highest BCUT2D eigenvalue weighted by molar-refractivity contribution is 6.30. The molecule has 1 amide bonds. The second-order valence-corrected chi connectivity index (χ2v) is 6.50. The molecule has 0 aliphatic carbocycles. The van der Waals surface area contributed by atoms with E-state index < -0.39 is 6.10 Å². The number of carbonyl (C=O) groups is 1. The second-order valence-electron chi connectivity index (χ2n) is 6.07. The third kappa shape index (κ3) is 5.08. The first-order valence-electron chi connectivity index (χ1n) is 8.64. The third-order valence-electron chi connectivity index (χ3n) is 3.92. The van der Waals surface area contributed by atoms with Gasteiger partial charge in [-0.2, -0.15) is 4.98 Å².